The molecular formula is C16H19NOS. The summed E-state index contributed by atoms with van der Waals surface area (Å²) in [5.41, 5.74) is 8.15. The molecule has 0 radical (unpaired) electrons. The van der Waals surface area contributed by atoms with E-state index in [-0.39, 0.29) is 6.10 Å². The van der Waals surface area contributed by atoms with Crippen molar-refractivity contribution in [3.05, 3.63) is 48.0 Å². The number of hydrogen-bond donors (Lipinski definition) is 1. The molecule has 0 bridgehead atoms. The van der Waals surface area contributed by atoms with E-state index in [1.165, 1.54) is 10.5 Å². The zero-order chi connectivity index (χ0) is 13.8. The third-order valence-electron chi connectivity index (χ3n) is 2.70. The van der Waals surface area contributed by atoms with E-state index in [2.05, 4.69) is 19.1 Å². The highest BCUT2D eigenvalue weighted by Gasteiger charge is 2.09. The van der Waals surface area contributed by atoms with Crippen LogP contribution in [0.1, 0.15) is 19.4 Å². The lowest BCUT2D eigenvalue weighted by molar-refractivity contribution is 0.243. The third kappa shape index (κ3) is 3.44. The van der Waals surface area contributed by atoms with Crippen LogP contribution >= 0.6 is 11.8 Å². The molecule has 100 valence electrons. The van der Waals surface area contributed by atoms with E-state index < -0.39 is 0 Å². The summed E-state index contributed by atoms with van der Waals surface area (Å²) in [4.78, 5) is 2.25. The molecule has 0 aliphatic heterocycles. The normalized spacial score (nSPS) is 10.7. The molecule has 0 heterocycles. The molecule has 3 heteroatoms. The molecule has 2 nitrogen and oxygen atoms in total. The average molecular weight is 273 g/mol. The number of rotatable bonds is 4. The van der Waals surface area contributed by atoms with Crippen molar-refractivity contribution in [3.8, 4) is 5.75 Å². The van der Waals surface area contributed by atoms with Gasteiger partial charge in [0.2, 0.25) is 0 Å². The molecule has 0 atom stereocenters. The summed E-state index contributed by atoms with van der Waals surface area (Å²) in [7, 11) is 0. The monoisotopic (exact) mass is 273 g/mol. The van der Waals surface area contributed by atoms with Gasteiger partial charge in [0.25, 0.3) is 0 Å². The molecular weight excluding hydrogens is 254 g/mol. The topological polar surface area (TPSA) is 35.2 Å². The van der Waals surface area contributed by atoms with E-state index in [1.807, 2.05) is 44.2 Å². The van der Waals surface area contributed by atoms with Crippen LogP contribution < -0.4 is 10.5 Å². The molecule has 0 amide bonds. The third-order valence-corrected chi connectivity index (χ3v) is 3.96. The maximum atomic E-state index is 6.18. The Hall–Kier alpha value is -1.61. The maximum Gasteiger partial charge on any atom is 0.143 e. The van der Waals surface area contributed by atoms with Gasteiger partial charge in [0.15, 0.2) is 0 Å². The maximum absolute atomic E-state index is 6.18. The fraction of sp³-hybridized carbons (Fsp3) is 0.250. The first-order valence-electron chi connectivity index (χ1n) is 6.36. The minimum atomic E-state index is 0.126. The van der Waals surface area contributed by atoms with Crippen LogP contribution in [-0.2, 0) is 0 Å². The van der Waals surface area contributed by atoms with Gasteiger partial charge in [0, 0.05) is 9.79 Å². The molecule has 0 unspecified atom stereocenters. The van der Waals surface area contributed by atoms with Gasteiger partial charge < -0.3 is 10.5 Å². The van der Waals surface area contributed by atoms with Crippen LogP contribution in [0.4, 0.5) is 5.69 Å². The Balaban J connectivity index is 2.28. The fourth-order valence-corrected chi connectivity index (χ4v) is 2.73. The molecule has 2 N–H and O–H groups in total. The minimum absolute atomic E-state index is 0.126. The van der Waals surface area contributed by atoms with Crippen molar-refractivity contribution in [3.63, 3.8) is 0 Å². The van der Waals surface area contributed by atoms with Crippen LogP contribution in [-0.4, -0.2) is 6.10 Å². The van der Waals surface area contributed by atoms with Gasteiger partial charge in [-0.2, -0.15) is 0 Å². The number of aryl methyl sites for hydroxylation is 1. The minimum Gasteiger partial charge on any atom is -0.489 e. The first kappa shape index (κ1) is 13.8. The first-order valence-corrected chi connectivity index (χ1v) is 7.18. The van der Waals surface area contributed by atoms with Crippen molar-refractivity contribution in [2.45, 2.75) is 36.7 Å². The van der Waals surface area contributed by atoms with Gasteiger partial charge in [-0.05, 0) is 44.5 Å². The van der Waals surface area contributed by atoms with Crippen molar-refractivity contribution in [2.24, 2.45) is 0 Å². The summed E-state index contributed by atoms with van der Waals surface area (Å²) in [5.74, 6) is 0.758. The van der Waals surface area contributed by atoms with E-state index >= 15 is 0 Å². The van der Waals surface area contributed by atoms with Gasteiger partial charge in [0.1, 0.15) is 5.75 Å². The molecule has 2 aromatic carbocycles. The van der Waals surface area contributed by atoms with Crippen molar-refractivity contribution in [1.82, 2.24) is 0 Å². The Morgan fingerprint density at radius 1 is 1.00 bits per heavy atom. The zero-order valence-electron chi connectivity index (χ0n) is 11.5. The SMILES string of the molecule is Cc1ccccc1Sc1cccc(OC(C)C)c1N. The Labute approximate surface area is 119 Å². The average Bonchev–Trinajstić information content (AvgIpc) is 2.36. The van der Waals surface area contributed by atoms with Crippen LogP contribution in [0.15, 0.2) is 52.3 Å². The molecule has 0 fully saturated rings. The number of ether oxygens (including phenoxy) is 1. The lowest BCUT2D eigenvalue weighted by Gasteiger charge is -2.15. The van der Waals surface area contributed by atoms with Gasteiger partial charge in [0.05, 0.1) is 11.8 Å². The molecule has 0 saturated heterocycles. The van der Waals surface area contributed by atoms with E-state index in [1.54, 1.807) is 11.8 Å². The number of para-hydroxylation sites is 1. The lowest BCUT2D eigenvalue weighted by Crippen LogP contribution is -2.07. The molecule has 0 spiro atoms. The zero-order valence-corrected chi connectivity index (χ0v) is 12.3. The van der Waals surface area contributed by atoms with Gasteiger partial charge in [-0.15, -0.1) is 0 Å². The van der Waals surface area contributed by atoms with Crippen LogP contribution in [0, 0.1) is 6.92 Å². The van der Waals surface area contributed by atoms with Gasteiger partial charge >= 0.3 is 0 Å². The molecule has 2 rings (SSSR count). The van der Waals surface area contributed by atoms with E-state index in [9.17, 15) is 0 Å². The molecule has 2 aromatic rings. The van der Waals surface area contributed by atoms with Crippen LogP contribution in [0.25, 0.3) is 0 Å². The van der Waals surface area contributed by atoms with Crippen LogP contribution in [0.5, 0.6) is 5.75 Å². The summed E-state index contributed by atoms with van der Waals surface area (Å²) < 4.78 is 5.72. The summed E-state index contributed by atoms with van der Waals surface area (Å²) in [6, 6.07) is 14.2. The first-order chi connectivity index (χ1) is 9.08. The molecule has 0 aliphatic rings. The quantitative estimate of drug-likeness (QED) is 0.832. The van der Waals surface area contributed by atoms with E-state index in [4.69, 9.17) is 10.5 Å². The van der Waals surface area contributed by atoms with Crippen molar-refractivity contribution >= 4 is 17.4 Å². The summed E-state index contributed by atoms with van der Waals surface area (Å²) in [6.07, 6.45) is 0.126. The summed E-state index contributed by atoms with van der Waals surface area (Å²) >= 11 is 1.68. The smallest absolute Gasteiger partial charge is 0.143 e. The Bertz CT molecular complexity index is 566. The molecule has 0 aromatic heterocycles. The Kier molecular flexibility index (Phi) is 4.38. The highest BCUT2D eigenvalue weighted by Crippen LogP contribution is 2.38. The van der Waals surface area contributed by atoms with E-state index in [0.29, 0.717) is 5.69 Å². The van der Waals surface area contributed by atoms with Crippen LogP contribution in [0.2, 0.25) is 0 Å². The molecule has 0 saturated carbocycles. The standard InChI is InChI=1S/C16H19NOS/c1-11(2)18-13-8-6-10-15(16(13)17)19-14-9-5-4-7-12(14)3/h4-11H,17H2,1-3H3. The summed E-state index contributed by atoms with van der Waals surface area (Å²) in [5, 5.41) is 0. The van der Waals surface area contributed by atoms with Crippen LogP contribution in [0.3, 0.4) is 0 Å². The largest absolute Gasteiger partial charge is 0.489 e. The van der Waals surface area contributed by atoms with Crippen molar-refractivity contribution < 1.29 is 4.74 Å². The second kappa shape index (κ2) is 6.02. The summed E-state index contributed by atoms with van der Waals surface area (Å²) in [6.45, 7) is 6.11. The van der Waals surface area contributed by atoms with Crippen molar-refractivity contribution in [2.75, 3.05) is 5.73 Å². The fourth-order valence-electron chi connectivity index (χ4n) is 1.76. The lowest BCUT2D eigenvalue weighted by atomic mass is 10.2. The Morgan fingerprint density at radius 3 is 2.37 bits per heavy atom. The second-order valence-corrected chi connectivity index (χ2v) is 5.79. The second-order valence-electron chi connectivity index (χ2n) is 4.70. The number of hydrogen-bond acceptors (Lipinski definition) is 3. The highest BCUT2D eigenvalue weighted by atomic mass is 32.2. The number of benzene rings is 2. The number of nitrogens with two attached hydrogens (primary N) is 1. The Morgan fingerprint density at radius 2 is 1.68 bits per heavy atom. The predicted molar refractivity (Wildman–Crippen MR) is 81.9 cm³/mol. The predicted octanol–water partition coefficient (Wildman–Crippen LogP) is 4.52. The molecule has 19 heavy (non-hydrogen) atoms. The van der Waals surface area contributed by atoms with Crippen molar-refractivity contribution in [1.29, 1.82) is 0 Å². The van der Waals surface area contributed by atoms with E-state index in [0.717, 1.165) is 10.6 Å². The van der Waals surface area contributed by atoms with Gasteiger partial charge in [-0.25, -0.2) is 0 Å². The number of anilines is 1. The molecule has 0 aliphatic carbocycles. The van der Waals surface area contributed by atoms with Gasteiger partial charge in [-0.3, -0.25) is 0 Å². The van der Waals surface area contributed by atoms with Gasteiger partial charge in [-0.1, -0.05) is 36.0 Å². The number of nitrogen functional groups attached to an aromatic ring is 1. The highest BCUT2D eigenvalue weighted by molar-refractivity contribution is 7.99.